The zero-order valence-corrected chi connectivity index (χ0v) is 18.4. The van der Waals surface area contributed by atoms with Gasteiger partial charge in [0, 0.05) is 4.81 Å². The van der Waals surface area contributed by atoms with Crippen molar-refractivity contribution in [2.75, 3.05) is 20.8 Å². The fourth-order valence-electron chi connectivity index (χ4n) is 3.60. The Labute approximate surface area is 168 Å². The minimum absolute atomic E-state index is 0.152. The molecule has 0 spiro atoms. The van der Waals surface area contributed by atoms with E-state index in [0.29, 0.717) is 18.2 Å². The first-order valence-corrected chi connectivity index (χ1v) is 9.99. The summed E-state index contributed by atoms with van der Waals surface area (Å²) in [5.74, 6) is 1.31. The predicted octanol–water partition coefficient (Wildman–Crippen LogP) is 4.90. The summed E-state index contributed by atoms with van der Waals surface area (Å²) in [7, 11) is 3.22. The number of aryl methyl sites for hydroxylation is 4. The molecule has 1 aromatic carbocycles. The Morgan fingerprint density at radius 1 is 1.07 bits per heavy atom. The van der Waals surface area contributed by atoms with E-state index in [-0.39, 0.29) is 4.81 Å². The maximum Gasteiger partial charge on any atom is 0.317 e. The van der Waals surface area contributed by atoms with Crippen LogP contribution in [-0.2, 0) is 9.68 Å². The van der Waals surface area contributed by atoms with Crippen LogP contribution in [0.25, 0.3) is 16.0 Å². The van der Waals surface area contributed by atoms with Gasteiger partial charge in [-0.2, -0.15) is 14.7 Å². The van der Waals surface area contributed by atoms with Crippen molar-refractivity contribution in [1.29, 1.82) is 0 Å². The van der Waals surface area contributed by atoms with Crippen LogP contribution in [0.2, 0.25) is 0 Å². The SMILES string of the molecule is CC[N+](OC)(OC)c1nc(C)nc2c1sc(=S)n2-c1c(C)cc(C)cc1C. The molecule has 6 nitrogen and oxygen atoms in total. The normalized spacial score (nSPS) is 12.1. The molecule has 2 heterocycles. The molecule has 0 N–H and O–H groups in total. The van der Waals surface area contributed by atoms with Crippen LogP contribution in [-0.4, -0.2) is 35.3 Å². The summed E-state index contributed by atoms with van der Waals surface area (Å²) in [6.07, 6.45) is 0. The lowest BCUT2D eigenvalue weighted by Crippen LogP contribution is -2.47. The number of hydrogen-bond donors (Lipinski definition) is 0. The van der Waals surface area contributed by atoms with Gasteiger partial charge in [0.2, 0.25) is 0 Å². The summed E-state index contributed by atoms with van der Waals surface area (Å²) in [5.41, 5.74) is 5.41. The molecule has 0 saturated carbocycles. The Kier molecular flexibility index (Phi) is 5.47. The van der Waals surface area contributed by atoms with E-state index in [0.717, 1.165) is 31.1 Å². The molecule has 0 aliphatic rings. The molecule has 27 heavy (non-hydrogen) atoms. The number of benzene rings is 1. The summed E-state index contributed by atoms with van der Waals surface area (Å²) >= 11 is 7.23. The number of aromatic nitrogens is 3. The molecular weight excluding hydrogens is 380 g/mol. The molecule has 0 radical (unpaired) electrons. The number of quaternary nitrogens is 1. The molecule has 144 valence electrons. The van der Waals surface area contributed by atoms with Gasteiger partial charge in [-0.3, -0.25) is 4.57 Å². The van der Waals surface area contributed by atoms with Gasteiger partial charge in [-0.05, 0) is 58.0 Å². The largest absolute Gasteiger partial charge is 0.317 e. The van der Waals surface area contributed by atoms with E-state index >= 15 is 0 Å². The molecule has 8 heteroatoms. The van der Waals surface area contributed by atoms with E-state index in [1.165, 1.54) is 16.9 Å². The number of hydroxylamine groups is 2. The summed E-state index contributed by atoms with van der Waals surface area (Å²) in [4.78, 5) is 20.6. The van der Waals surface area contributed by atoms with Crippen LogP contribution in [0.5, 0.6) is 0 Å². The average molecular weight is 406 g/mol. The van der Waals surface area contributed by atoms with Crippen LogP contribution < -0.4 is 4.81 Å². The first-order valence-electron chi connectivity index (χ1n) is 8.76. The average Bonchev–Trinajstić information content (AvgIpc) is 2.92. The maximum atomic E-state index is 5.75. The Morgan fingerprint density at radius 2 is 1.67 bits per heavy atom. The highest BCUT2D eigenvalue weighted by molar-refractivity contribution is 7.73. The molecule has 0 atom stereocenters. The summed E-state index contributed by atoms with van der Waals surface area (Å²) in [6, 6.07) is 4.33. The minimum atomic E-state index is -0.152. The van der Waals surface area contributed by atoms with Crippen molar-refractivity contribution in [3.8, 4) is 5.69 Å². The molecule has 0 aliphatic carbocycles. The van der Waals surface area contributed by atoms with Crippen molar-refractivity contribution < 1.29 is 9.68 Å². The second kappa shape index (κ2) is 7.37. The van der Waals surface area contributed by atoms with Crippen LogP contribution in [0, 0.1) is 31.6 Å². The van der Waals surface area contributed by atoms with Gasteiger partial charge in [-0.25, -0.2) is 4.98 Å². The summed E-state index contributed by atoms with van der Waals surface area (Å²) in [5, 5.41) is 0. The van der Waals surface area contributed by atoms with E-state index in [1.807, 2.05) is 18.4 Å². The van der Waals surface area contributed by atoms with Crippen molar-refractivity contribution >= 4 is 39.7 Å². The van der Waals surface area contributed by atoms with Crippen molar-refractivity contribution in [2.45, 2.75) is 34.6 Å². The second-order valence-electron chi connectivity index (χ2n) is 6.55. The zero-order valence-electron chi connectivity index (χ0n) is 16.8. The number of rotatable bonds is 5. The molecule has 2 aromatic heterocycles. The highest BCUT2D eigenvalue weighted by atomic mass is 32.1. The van der Waals surface area contributed by atoms with Crippen molar-refractivity contribution in [3.63, 3.8) is 0 Å². The van der Waals surface area contributed by atoms with Gasteiger partial charge in [-0.15, -0.1) is 0 Å². The lowest BCUT2D eigenvalue weighted by Gasteiger charge is -2.26. The lowest BCUT2D eigenvalue weighted by atomic mass is 10.1. The topological polar surface area (TPSA) is 49.2 Å². The van der Waals surface area contributed by atoms with Crippen molar-refractivity contribution in [3.05, 3.63) is 38.6 Å². The van der Waals surface area contributed by atoms with E-state index in [2.05, 4.69) is 37.9 Å². The van der Waals surface area contributed by atoms with Gasteiger partial charge >= 0.3 is 5.82 Å². The third-order valence-corrected chi connectivity index (χ3v) is 6.07. The van der Waals surface area contributed by atoms with Crippen LogP contribution in [0.3, 0.4) is 0 Å². The zero-order chi connectivity index (χ0) is 19.9. The molecule has 0 fully saturated rings. The number of thiazole rings is 1. The van der Waals surface area contributed by atoms with Gasteiger partial charge in [-0.1, -0.05) is 29.0 Å². The second-order valence-corrected chi connectivity index (χ2v) is 8.20. The molecular formula is C19H25N4O2S2+. The molecule has 0 saturated heterocycles. The Bertz CT molecular complexity index is 1040. The predicted molar refractivity (Wildman–Crippen MR) is 113 cm³/mol. The fourth-order valence-corrected chi connectivity index (χ4v) is 4.98. The first kappa shape index (κ1) is 20.0. The van der Waals surface area contributed by atoms with E-state index < -0.39 is 0 Å². The van der Waals surface area contributed by atoms with Gasteiger partial charge < -0.3 is 0 Å². The third kappa shape index (κ3) is 3.21. The van der Waals surface area contributed by atoms with Gasteiger partial charge in [0.25, 0.3) is 0 Å². The molecule has 0 amide bonds. The number of fused-ring (bicyclic) bond motifs is 1. The smallest absolute Gasteiger partial charge is 0.275 e. The molecule has 0 aliphatic heterocycles. The van der Waals surface area contributed by atoms with E-state index in [9.17, 15) is 0 Å². The summed E-state index contributed by atoms with van der Waals surface area (Å²) in [6.45, 7) is 10.7. The monoisotopic (exact) mass is 405 g/mol. The van der Waals surface area contributed by atoms with Crippen LogP contribution in [0.1, 0.15) is 29.4 Å². The van der Waals surface area contributed by atoms with Gasteiger partial charge in [0.1, 0.15) is 26.6 Å². The Hall–Kier alpha value is -1.71. The quantitative estimate of drug-likeness (QED) is 0.343. The summed E-state index contributed by atoms with van der Waals surface area (Å²) < 4.78 is 3.64. The fraction of sp³-hybridized carbons (Fsp3) is 0.421. The molecule has 3 aromatic rings. The molecule has 0 bridgehead atoms. The van der Waals surface area contributed by atoms with E-state index in [4.69, 9.17) is 26.9 Å². The van der Waals surface area contributed by atoms with E-state index in [1.54, 1.807) is 14.2 Å². The highest BCUT2D eigenvalue weighted by Gasteiger charge is 2.37. The maximum absolute atomic E-state index is 5.75. The standard InChI is InChI=1S/C19H25N4O2S2/c1-8-23(24-6,25-7)18-16-17(20-14(5)21-18)22(19(26)27-16)15-12(3)9-11(2)10-13(15)4/h9-10H,8H2,1-7H3/q+1. The number of nitrogens with zero attached hydrogens (tertiary/aromatic N) is 4. The first-order chi connectivity index (χ1) is 12.8. The molecule has 3 rings (SSSR count). The van der Waals surface area contributed by atoms with Gasteiger partial charge in [0.15, 0.2) is 14.3 Å². The highest BCUT2D eigenvalue weighted by Crippen LogP contribution is 2.37. The number of hydrogen-bond acceptors (Lipinski definition) is 6. The lowest BCUT2D eigenvalue weighted by molar-refractivity contribution is -0.325. The van der Waals surface area contributed by atoms with Crippen molar-refractivity contribution in [1.82, 2.24) is 19.3 Å². The third-order valence-electron chi connectivity index (χ3n) is 4.71. The Balaban J connectivity index is 2.43. The van der Waals surface area contributed by atoms with Crippen LogP contribution >= 0.6 is 23.6 Å². The minimum Gasteiger partial charge on any atom is -0.275 e. The van der Waals surface area contributed by atoms with Crippen LogP contribution in [0.4, 0.5) is 5.82 Å². The Morgan fingerprint density at radius 3 is 2.19 bits per heavy atom. The van der Waals surface area contributed by atoms with Gasteiger partial charge in [0.05, 0.1) is 5.69 Å². The van der Waals surface area contributed by atoms with Crippen LogP contribution in [0.15, 0.2) is 12.1 Å². The molecule has 0 unspecified atom stereocenters. The van der Waals surface area contributed by atoms with Crippen molar-refractivity contribution in [2.24, 2.45) is 0 Å².